The first-order valence-electron chi connectivity index (χ1n) is 8.55. The van der Waals surface area contributed by atoms with Crippen molar-refractivity contribution >= 4 is 29.1 Å². The zero-order valence-corrected chi connectivity index (χ0v) is 16.3. The average Bonchev–Trinajstić information content (AvgIpc) is 2.69. The lowest BCUT2D eigenvalue weighted by Gasteiger charge is -2.15. The quantitative estimate of drug-likeness (QED) is 0.546. The second-order valence-electron chi connectivity index (χ2n) is 6.17. The Hall–Kier alpha value is -2.49. The van der Waals surface area contributed by atoms with Crippen LogP contribution < -0.4 is 10.1 Å². The van der Waals surface area contributed by atoms with E-state index in [9.17, 15) is 4.79 Å². The number of ether oxygens (including phenoxy) is 1. The summed E-state index contributed by atoms with van der Waals surface area (Å²) in [5.74, 6) is 0.465. The minimum Gasteiger partial charge on any atom is -0.489 e. The van der Waals surface area contributed by atoms with Crippen LogP contribution in [-0.4, -0.2) is 5.91 Å². The lowest BCUT2D eigenvalue weighted by atomic mass is 10.1. The Morgan fingerprint density at radius 1 is 0.963 bits per heavy atom. The number of amides is 1. The Labute approximate surface area is 168 Å². The largest absolute Gasteiger partial charge is 0.489 e. The molecule has 0 aliphatic rings. The van der Waals surface area contributed by atoms with Crippen LogP contribution in [0.15, 0.2) is 72.8 Å². The highest BCUT2D eigenvalue weighted by Crippen LogP contribution is 2.24. The van der Waals surface area contributed by atoms with Crippen LogP contribution in [0.2, 0.25) is 10.0 Å². The molecule has 27 heavy (non-hydrogen) atoms. The van der Waals surface area contributed by atoms with Crippen molar-refractivity contribution in [1.82, 2.24) is 5.32 Å². The van der Waals surface area contributed by atoms with Gasteiger partial charge in [-0.1, -0.05) is 65.7 Å². The first kappa shape index (κ1) is 19.3. The van der Waals surface area contributed by atoms with Crippen molar-refractivity contribution in [3.05, 3.63) is 99.5 Å². The molecular formula is C22H19Cl2NO2. The SMILES string of the molecule is C[C@H](NC(=O)c1cccc(OCc2ccc(Cl)c(Cl)c2)c1)c1ccccc1. The van der Waals surface area contributed by atoms with Gasteiger partial charge in [-0.3, -0.25) is 4.79 Å². The summed E-state index contributed by atoms with van der Waals surface area (Å²) in [5, 5.41) is 3.99. The maximum Gasteiger partial charge on any atom is 0.251 e. The zero-order valence-electron chi connectivity index (χ0n) is 14.8. The molecule has 0 radical (unpaired) electrons. The van der Waals surface area contributed by atoms with Crippen molar-refractivity contribution in [2.45, 2.75) is 19.6 Å². The molecule has 3 aromatic carbocycles. The predicted octanol–water partition coefficient (Wildman–Crippen LogP) is 6.06. The highest BCUT2D eigenvalue weighted by Gasteiger charge is 2.12. The van der Waals surface area contributed by atoms with Crippen LogP contribution in [0, 0.1) is 0 Å². The Balaban J connectivity index is 1.64. The van der Waals surface area contributed by atoms with E-state index in [1.165, 1.54) is 0 Å². The van der Waals surface area contributed by atoms with Gasteiger partial charge in [0.1, 0.15) is 12.4 Å². The summed E-state index contributed by atoms with van der Waals surface area (Å²) in [6, 6.07) is 22.2. The van der Waals surface area contributed by atoms with Crippen LogP contribution in [0.5, 0.6) is 5.75 Å². The molecule has 0 saturated carbocycles. The van der Waals surface area contributed by atoms with Crippen LogP contribution in [0.1, 0.15) is 34.5 Å². The molecule has 5 heteroatoms. The fourth-order valence-corrected chi connectivity index (χ4v) is 2.95. The maximum absolute atomic E-state index is 12.5. The zero-order chi connectivity index (χ0) is 19.2. The van der Waals surface area contributed by atoms with Gasteiger partial charge in [-0.05, 0) is 48.4 Å². The molecule has 3 aromatic rings. The predicted molar refractivity (Wildman–Crippen MR) is 110 cm³/mol. The van der Waals surface area contributed by atoms with Gasteiger partial charge in [0.05, 0.1) is 16.1 Å². The molecule has 0 aliphatic carbocycles. The number of rotatable bonds is 6. The molecule has 0 saturated heterocycles. The monoisotopic (exact) mass is 399 g/mol. The molecule has 1 atom stereocenters. The molecule has 0 spiro atoms. The molecule has 0 aromatic heterocycles. The van der Waals surface area contributed by atoms with Crippen molar-refractivity contribution in [3.8, 4) is 5.75 Å². The van der Waals surface area contributed by atoms with E-state index in [-0.39, 0.29) is 11.9 Å². The van der Waals surface area contributed by atoms with E-state index in [1.807, 2.05) is 49.4 Å². The fraction of sp³-hybridized carbons (Fsp3) is 0.136. The van der Waals surface area contributed by atoms with Gasteiger partial charge in [-0.25, -0.2) is 0 Å². The highest BCUT2D eigenvalue weighted by atomic mass is 35.5. The average molecular weight is 400 g/mol. The molecule has 1 amide bonds. The van der Waals surface area contributed by atoms with E-state index in [4.69, 9.17) is 27.9 Å². The van der Waals surface area contributed by atoms with E-state index in [0.29, 0.717) is 28.0 Å². The summed E-state index contributed by atoms with van der Waals surface area (Å²) in [7, 11) is 0. The van der Waals surface area contributed by atoms with E-state index in [0.717, 1.165) is 11.1 Å². The second-order valence-corrected chi connectivity index (χ2v) is 6.99. The van der Waals surface area contributed by atoms with Gasteiger partial charge in [0.25, 0.3) is 5.91 Å². The molecular weight excluding hydrogens is 381 g/mol. The van der Waals surface area contributed by atoms with Crippen LogP contribution >= 0.6 is 23.2 Å². The third-order valence-electron chi connectivity index (χ3n) is 4.13. The van der Waals surface area contributed by atoms with Gasteiger partial charge >= 0.3 is 0 Å². The molecule has 138 valence electrons. The molecule has 0 heterocycles. The van der Waals surface area contributed by atoms with Gasteiger partial charge in [0.2, 0.25) is 0 Å². The number of halogens is 2. The van der Waals surface area contributed by atoms with Crippen LogP contribution in [0.3, 0.4) is 0 Å². The lowest BCUT2D eigenvalue weighted by molar-refractivity contribution is 0.0939. The van der Waals surface area contributed by atoms with Gasteiger partial charge < -0.3 is 10.1 Å². The summed E-state index contributed by atoms with van der Waals surface area (Å²) in [4.78, 5) is 12.5. The van der Waals surface area contributed by atoms with Crippen LogP contribution in [0.4, 0.5) is 0 Å². The topological polar surface area (TPSA) is 38.3 Å². The van der Waals surface area contributed by atoms with E-state index < -0.39 is 0 Å². The molecule has 3 rings (SSSR count). The number of hydrogen-bond acceptors (Lipinski definition) is 2. The first-order chi connectivity index (χ1) is 13.0. The lowest BCUT2D eigenvalue weighted by Crippen LogP contribution is -2.26. The van der Waals surface area contributed by atoms with Gasteiger partial charge in [0.15, 0.2) is 0 Å². The summed E-state index contributed by atoms with van der Waals surface area (Å²) >= 11 is 11.9. The third-order valence-corrected chi connectivity index (χ3v) is 4.87. The smallest absolute Gasteiger partial charge is 0.251 e. The number of nitrogens with one attached hydrogen (secondary N) is 1. The number of hydrogen-bond donors (Lipinski definition) is 1. The summed E-state index contributed by atoms with van der Waals surface area (Å²) in [6.07, 6.45) is 0. The first-order valence-corrected chi connectivity index (χ1v) is 9.31. The van der Waals surface area contributed by atoms with Gasteiger partial charge in [-0.15, -0.1) is 0 Å². The van der Waals surface area contributed by atoms with Crippen molar-refractivity contribution < 1.29 is 9.53 Å². The third kappa shape index (κ3) is 5.25. The van der Waals surface area contributed by atoms with Gasteiger partial charge in [-0.2, -0.15) is 0 Å². The summed E-state index contributed by atoms with van der Waals surface area (Å²) in [5.41, 5.74) is 2.50. The molecule has 3 nitrogen and oxygen atoms in total. The van der Waals surface area contributed by atoms with Gasteiger partial charge in [0, 0.05) is 5.56 Å². The van der Waals surface area contributed by atoms with E-state index >= 15 is 0 Å². The fourth-order valence-electron chi connectivity index (χ4n) is 2.63. The minimum atomic E-state index is -0.147. The number of carbonyl (C=O) groups is 1. The molecule has 0 aliphatic heterocycles. The molecule has 0 bridgehead atoms. The summed E-state index contributed by atoms with van der Waals surface area (Å²) < 4.78 is 5.79. The molecule has 1 N–H and O–H groups in total. The normalized spacial score (nSPS) is 11.7. The maximum atomic E-state index is 12.5. The Kier molecular flexibility index (Phi) is 6.38. The van der Waals surface area contributed by atoms with Crippen LogP contribution in [0.25, 0.3) is 0 Å². The number of carbonyl (C=O) groups excluding carboxylic acids is 1. The van der Waals surface area contributed by atoms with Crippen molar-refractivity contribution in [3.63, 3.8) is 0 Å². The van der Waals surface area contributed by atoms with E-state index in [1.54, 1.807) is 30.3 Å². The van der Waals surface area contributed by atoms with E-state index in [2.05, 4.69) is 5.32 Å². The summed E-state index contributed by atoms with van der Waals surface area (Å²) in [6.45, 7) is 2.29. The van der Waals surface area contributed by atoms with Crippen molar-refractivity contribution in [1.29, 1.82) is 0 Å². The molecule has 0 unspecified atom stereocenters. The van der Waals surface area contributed by atoms with Crippen molar-refractivity contribution in [2.24, 2.45) is 0 Å². The second kappa shape index (κ2) is 8.94. The Bertz CT molecular complexity index is 929. The molecule has 0 fully saturated rings. The number of benzene rings is 3. The minimum absolute atomic E-state index is 0.0838. The Morgan fingerprint density at radius 2 is 1.74 bits per heavy atom. The Morgan fingerprint density at radius 3 is 2.48 bits per heavy atom. The van der Waals surface area contributed by atoms with Crippen molar-refractivity contribution in [2.75, 3.05) is 0 Å². The van der Waals surface area contributed by atoms with Crippen LogP contribution in [-0.2, 0) is 6.61 Å². The standard InChI is InChI=1S/C22H19Cl2NO2/c1-15(17-6-3-2-4-7-17)25-22(26)18-8-5-9-19(13-18)27-14-16-10-11-20(23)21(24)12-16/h2-13,15H,14H2,1H3,(H,25,26)/t15-/m0/s1. The highest BCUT2D eigenvalue weighted by molar-refractivity contribution is 6.42.